The number of rotatable bonds is 9. The van der Waals surface area contributed by atoms with Crippen molar-refractivity contribution >= 4 is 29.9 Å². The molecule has 0 amide bonds. The Bertz CT molecular complexity index is 845. The van der Waals surface area contributed by atoms with Gasteiger partial charge in [0.05, 0.1) is 12.7 Å². The molecule has 0 saturated heterocycles. The Morgan fingerprint density at radius 1 is 1.25 bits per heavy atom. The van der Waals surface area contributed by atoms with Gasteiger partial charge in [-0.3, -0.25) is 4.68 Å². The molecule has 2 unspecified atom stereocenters. The fourth-order valence-corrected chi connectivity index (χ4v) is 4.33. The van der Waals surface area contributed by atoms with E-state index in [-0.39, 0.29) is 42.1 Å². The molecule has 7 nitrogen and oxygen atoms in total. The molecule has 32 heavy (non-hydrogen) atoms. The lowest BCUT2D eigenvalue weighted by atomic mass is 9.94. The van der Waals surface area contributed by atoms with Gasteiger partial charge in [0.15, 0.2) is 5.96 Å². The van der Waals surface area contributed by atoms with Gasteiger partial charge in [-0.25, -0.2) is 4.99 Å². The van der Waals surface area contributed by atoms with Gasteiger partial charge in [0.25, 0.3) is 0 Å². The predicted molar refractivity (Wildman–Crippen MR) is 141 cm³/mol. The van der Waals surface area contributed by atoms with Crippen LogP contribution in [0.3, 0.4) is 0 Å². The zero-order chi connectivity index (χ0) is 22.3. The number of hydrogen-bond acceptors (Lipinski definition) is 4. The maximum Gasteiger partial charge on any atom is 0.191 e. The lowest BCUT2D eigenvalue weighted by Gasteiger charge is -2.35. The lowest BCUT2D eigenvalue weighted by Crippen LogP contribution is -2.54. The Balaban J connectivity index is 0.00000363. The first-order valence-corrected chi connectivity index (χ1v) is 11.4. The Morgan fingerprint density at radius 2 is 1.94 bits per heavy atom. The second-order valence-electron chi connectivity index (χ2n) is 8.99. The zero-order valence-corrected chi connectivity index (χ0v) is 22.1. The Labute approximate surface area is 209 Å². The molecule has 2 atom stereocenters. The number of benzene rings is 1. The molecule has 0 bridgehead atoms. The van der Waals surface area contributed by atoms with Gasteiger partial charge in [0, 0.05) is 43.5 Å². The number of nitrogens with zero attached hydrogens (tertiary/aromatic N) is 3. The van der Waals surface area contributed by atoms with Crippen LogP contribution in [-0.4, -0.2) is 46.0 Å². The molecular formula is C24H39IN6O. The Kier molecular flexibility index (Phi) is 9.97. The van der Waals surface area contributed by atoms with Crippen LogP contribution in [0, 0.1) is 0 Å². The number of aryl methyl sites for hydroxylation is 1. The van der Waals surface area contributed by atoms with Crippen molar-refractivity contribution in [2.75, 3.05) is 19.6 Å². The summed E-state index contributed by atoms with van der Waals surface area (Å²) in [5.41, 5.74) is 1.04. The summed E-state index contributed by atoms with van der Waals surface area (Å²) in [4.78, 5) is 4.68. The molecule has 2 aromatic rings. The number of aliphatic hydroxyl groups is 1. The van der Waals surface area contributed by atoms with Gasteiger partial charge in [-0.15, -0.1) is 24.0 Å². The Hall–Kier alpha value is -1.65. The van der Waals surface area contributed by atoms with Crippen molar-refractivity contribution in [3.8, 4) is 0 Å². The zero-order valence-electron chi connectivity index (χ0n) is 19.8. The van der Waals surface area contributed by atoms with Gasteiger partial charge in [-0.05, 0) is 39.2 Å². The van der Waals surface area contributed by atoms with Crippen molar-refractivity contribution in [3.63, 3.8) is 0 Å². The van der Waals surface area contributed by atoms with Crippen LogP contribution in [0.25, 0.3) is 0 Å². The second-order valence-corrected chi connectivity index (χ2v) is 8.99. The first-order chi connectivity index (χ1) is 14.8. The van der Waals surface area contributed by atoms with Gasteiger partial charge in [0.2, 0.25) is 0 Å². The van der Waals surface area contributed by atoms with Crippen LogP contribution in [0.2, 0.25) is 0 Å². The van der Waals surface area contributed by atoms with E-state index in [0.717, 1.165) is 37.5 Å². The fourth-order valence-electron chi connectivity index (χ4n) is 4.33. The van der Waals surface area contributed by atoms with E-state index in [4.69, 9.17) is 0 Å². The summed E-state index contributed by atoms with van der Waals surface area (Å²) in [6.07, 6.45) is 8.28. The van der Waals surface area contributed by atoms with Crippen molar-refractivity contribution < 1.29 is 5.11 Å². The van der Waals surface area contributed by atoms with Crippen molar-refractivity contribution in [2.24, 2.45) is 12.0 Å². The maximum atomic E-state index is 10.9. The minimum absolute atomic E-state index is 0. The SMILES string of the molecule is CCNC(=NCC(C)(O)c1cnn(C)c1)NCC1(NC(C)c2ccccc2)CCCC1.I. The number of nitrogens with one attached hydrogen (secondary N) is 3. The van der Waals surface area contributed by atoms with Gasteiger partial charge < -0.3 is 21.1 Å². The third-order valence-electron chi connectivity index (χ3n) is 6.19. The smallest absolute Gasteiger partial charge is 0.191 e. The highest BCUT2D eigenvalue weighted by atomic mass is 127. The van der Waals surface area contributed by atoms with Gasteiger partial charge in [-0.2, -0.15) is 5.10 Å². The van der Waals surface area contributed by atoms with Crippen LogP contribution in [0.1, 0.15) is 63.6 Å². The van der Waals surface area contributed by atoms with Crippen LogP contribution >= 0.6 is 24.0 Å². The molecule has 8 heteroatoms. The van der Waals surface area contributed by atoms with Gasteiger partial charge in [0.1, 0.15) is 5.60 Å². The summed E-state index contributed by atoms with van der Waals surface area (Å²) in [5.74, 6) is 0.729. The molecule has 1 heterocycles. The highest BCUT2D eigenvalue weighted by Gasteiger charge is 2.35. The first kappa shape index (κ1) is 26.6. The average molecular weight is 555 g/mol. The van der Waals surface area contributed by atoms with Crippen molar-refractivity contribution in [1.82, 2.24) is 25.7 Å². The van der Waals surface area contributed by atoms with E-state index in [0.29, 0.717) is 0 Å². The molecule has 1 aliphatic carbocycles. The summed E-state index contributed by atoms with van der Waals surface area (Å²) in [6, 6.07) is 10.9. The molecule has 0 spiro atoms. The highest BCUT2D eigenvalue weighted by molar-refractivity contribution is 14.0. The summed E-state index contributed by atoms with van der Waals surface area (Å²) in [7, 11) is 1.85. The average Bonchev–Trinajstić information content (AvgIpc) is 3.41. The lowest BCUT2D eigenvalue weighted by molar-refractivity contribution is 0.0671. The standard InChI is InChI=1S/C24H38N6O.HI/c1-5-25-22(26-17-23(3,31)21-15-28-30(4)16-21)27-18-24(13-9-10-14-24)29-19(2)20-11-7-6-8-12-20;/h6-8,11-12,15-16,19,29,31H,5,9-10,13-14,17-18H2,1-4H3,(H2,25,26,27);1H. The minimum Gasteiger partial charge on any atom is -0.383 e. The third kappa shape index (κ3) is 7.18. The van der Waals surface area contributed by atoms with E-state index in [2.05, 4.69) is 70.2 Å². The van der Waals surface area contributed by atoms with Crippen LogP contribution in [0.4, 0.5) is 0 Å². The molecule has 0 aliphatic heterocycles. The molecule has 1 fully saturated rings. The molecule has 1 aromatic heterocycles. The largest absolute Gasteiger partial charge is 0.383 e. The van der Waals surface area contributed by atoms with Crippen LogP contribution in [-0.2, 0) is 12.6 Å². The monoisotopic (exact) mass is 554 g/mol. The first-order valence-electron chi connectivity index (χ1n) is 11.4. The number of aliphatic imine (C=N–C) groups is 1. The number of halogens is 1. The maximum absolute atomic E-state index is 10.9. The topological polar surface area (TPSA) is 86.5 Å². The minimum atomic E-state index is -1.07. The Morgan fingerprint density at radius 3 is 2.53 bits per heavy atom. The summed E-state index contributed by atoms with van der Waals surface area (Å²) in [6.45, 7) is 7.89. The van der Waals surface area contributed by atoms with E-state index in [9.17, 15) is 5.11 Å². The molecule has 1 saturated carbocycles. The third-order valence-corrected chi connectivity index (χ3v) is 6.19. The van der Waals surface area contributed by atoms with Gasteiger partial charge in [-0.1, -0.05) is 43.2 Å². The highest BCUT2D eigenvalue weighted by Crippen LogP contribution is 2.32. The quantitative estimate of drug-likeness (QED) is 0.217. The van der Waals surface area contributed by atoms with Gasteiger partial charge >= 0.3 is 0 Å². The number of guanidine groups is 1. The van der Waals surface area contributed by atoms with E-state index >= 15 is 0 Å². The molecule has 1 aliphatic rings. The predicted octanol–water partition coefficient (Wildman–Crippen LogP) is 3.46. The summed E-state index contributed by atoms with van der Waals surface area (Å²) >= 11 is 0. The van der Waals surface area contributed by atoms with Crippen LogP contribution < -0.4 is 16.0 Å². The van der Waals surface area contributed by atoms with Crippen molar-refractivity contribution in [3.05, 3.63) is 53.9 Å². The van der Waals surface area contributed by atoms with E-state index in [1.165, 1.54) is 18.4 Å². The number of aromatic nitrogens is 2. The normalized spacial score (nSPS) is 18.5. The van der Waals surface area contributed by atoms with Crippen molar-refractivity contribution in [2.45, 2.75) is 63.6 Å². The molecular weight excluding hydrogens is 515 g/mol. The second kappa shape index (κ2) is 12.0. The summed E-state index contributed by atoms with van der Waals surface area (Å²) < 4.78 is 1.69. The van der Waals surface area contributed by atoms with Crippen LogP contribution in [0.5, 0.6) is 0 Å². The summed E-state index contributed by atoms with van der Waals surface area (Å²) in [5, 5.41) is 25.8. The molecule has 1 aromatic carbocycles. The van der Waals surface area contributed by atoms with E-state index in [1.54, 1.807) is 17.8 Å². The molecule has 178 valence electrons. The molecule has 4 N–H and O–H groups in total. The fraction of sp³-hybridized carbons (Fsp3) is 0.583. The number of hydrogen-bond donors (Lipinski definition) is 4. The van der Waals surface area contributed by atoms with Crippen LogP contribution in [0.15, 0.2) is 47.7 Å². The molecule has 3 rings (SSSR count). The van der Waals surface area contributed by atoms with Crippen molar-refractivity contribution in [1.29, 1.82) is 0 Å². The van der Waals surface area contributed by atoms with E-state index < -0.39 is 5.60 Å². The molecule has 0 radical (unpaired) electrons. The van der Waals surface area contributed by atoms with E-state index in [1.807, 2.05) is 13.2 Å².